The maximum atomic E-state index is 11.4. The first-order chi connectivity index (χ1) is 11.5. The molecule has 0 saturated carbocycles. The number of aryl methyl sites for hydroxylation is 1. The average molecular weight is 343 g/mol. The highest BCUT2D eigenvalue weighted by atomic mass is 32.1. The molecule has 0 bridgehead atoms. The van der Waals surface area contributed by atoms with Gasteiger partial charge < -0.3 is 4.74 Å². The molecule has 0 unspecified atom stereocenters. The molecule has 0 radical (unpaired) electrons. The van der Waals surface area contributed by atoms with Crippen LogP contribution in [0.3, 0.4) is 0 Å². The Balaban J connectivity index is 1.80. The van der Waals surface area contributed by atoms with E-state index in [0.29, 0.717) is 23.6 Å². The van der Waals surface area contributed by atoms with Crippen LogP contribution in [0, 0.1) is 5.41 Å². The van der Waals surface area contributed by atoms with E-state index in [0.717, 1.165) is 5.56 Å². The molecule has 0 aliphatic heterocycles. The van der Waals surface area contributed by atoms with Crippen LogP contribution in [0.25, 0.3) is 0 Å². The summed E-state index contributed by atoms with van der Waals surface area (Å²) in [6, 6.07) is 12.6. The van der Waals surface area contributed by atoms with Crippen LogP contribution in [-0.4, -0.2) is 28.4 Å². The van der Waals surface area contributed by atoms with Crippen molar-refractivity contribution in [2.75, 3.05) is 6.61 Å². The second-order valence-electron chi connectivity index (χ2n) is 4.98. The highest BCUT2D eigenvalue weighted by Gasteiger charge is 2.06. The minimum absolute atomic E-state index is 0.128. The van der Waals surface area contributed by atoms with Crippen LogP contribution >= 0.6 is 12.6 Å². The zero-order valence-corrected chi connectivity index (χ0v) is 13.8. The number of imide groups is 1. The number of benzene rings is 1. The summed E-state index contributed by atoms with van der Waals surface area (Å²) in [5.74, 6) is 0.272. The summed E-state index contributed by atoms with van der Waals surface area (Å²) in [5, 5.41) is 9.38. The minimum Gasteiger partial charge on any atom is -0.487 e. The zero-order chi connectivity index (χ0) is 17.4. The van der Waals surface area contributed by atoms with E-state index in [1.165, 1.54) is 0 Å². The molecule has 0 saturated heterocycles. The van der Waals surface area contributed by atoms with Gasteiger partial charge in [0.25, 0.3) is 5.24 Å². The van der Waals surface area contributed by atoms with Gasteiger partial charge in [0, 0.05) is 12.6 Å². The lowest BCUT2D eigenvalue weighted by Gasteiger charge is -2.08. The summed E-state index contributed by atoms with van der Waals surface area (Å²) in [6.45, 7) is 0.128. The van der Waals surface area contributed by atoms with Gasteiger partial charge in [-0.05, 0) is 36.2 Å². The second kappa shape index (κ2) is 8.83. The van der Waals surface area contributed by atoms with Crippen molar-refractivity contribution in [2.24, 2.45) is 0 Å². The van der Waals surface area contributed by atoms with E-state index in [4.69, 9.17) is 10.1 Å². The van der Waals surface area contributed by atoms with E-state index >= 15 is 0 Å². The van der Waals surface area contributed by atoms with E-state index < -0.39 is 5.24 Å². The summed E-state index contributed by atoms with van der Waals surface area (Å²) in [7, 11) is 0. The Morgan fingerprint density at radius 2 is 1.92 bits per heavy atom. The molecule has 124 valence electrons. The van der Waals surface area contributed by atoms with E-state index in [-0.39, 0.29) is 18.9 Å². The highest BCUT2D eigenvalue weighted by molar-refractivity contribution is 7.96. The number of amides is 2. The molecule has 7 heteroatoms. The standard InChI is InChI=1S/C17H17N3O3S/c18-14(15-3-1-2-10-19-15)11-23-13-7-4-12(5-8-13)6-9-16(21)20-17(22)24/h1-5,7-8,10,18H,6,9,11H2,(H2,20,21,22,24). The van der Waals surface area contributed by atoms with E-state index in [2.05, 4.69) is 22.9 Å². The van der Waals surface area contributed by atoms with Gasteiger partial charge in [0.05, 0.1) is 11.4 Å². The van der Waals surface area contributed by atoms with Gasteiger partial charge in [-0.25, -0.2) is 0 Å². The summed E-state index contributed by atoms with van der Waals surface area (Å²) in [6.07, 6.45) is 2.35. The number of thiol groups is 1. The molecule has 0 fully saturated rings. The maximum Gasteiger partial charge on any atom is 0.282 e. The number of pyridine rings is 1. The number of nitrogens with zero attached hydrogens (tertiary/aromatic N) is 1. The van der Waals surface area contributed by atoms with Gasteiger partial charge in [0.1, 0.15) is 12.4 Å². The molecular weight excluding hydrogens is 326 g/mol. The fourth-order valence-electron chi connectivity index (χ4n) is 1.96. The molecule has 6 nitrogen and oxygen atoms in total. The lowest BCUT2D eigenvalue weighted by Crippen LogP contribution is -2.25. The topological polar surface area (TPSA) is 92.1 Å². The van der Waals surface area contributed by atoms with Crippen molar-refractivity contribution in [3.05, 3.63) is 59.9 Å². The molecule has 1 aromatic carbocycles. The summed E-state index contributed by atoms with van der Waals surface area (Å²) in [5.41, 5.74) is 1.83. The average Bonchev–Trinajstić information content (AvgIpc) is 2.59. The Kier molecular flexibility index (Phi) is 6.51. The summed E-state index contributed by atoms with van der Waals surface area (Å²) < 4.78 is 5.56. The largest absolute Gasteiger partial charge is 0.487 e. The van der Waals surface area contributed by atoms with Gasteiger partial charge in [-0.15, -0.1) is 0 Å². The van der Waals surface area contributed by atoms with E-state index in [1.807, 2.05) is 18.2 Å². The number of carbonyl (C=O) groups is 2. The number of nitrogens with one attached hydrogen (secondary N) is 2. The predicted octanol–water partition coefficient (Wildman–Crippen LogP) is 2.63. The number of rotatable bonds is 7. The number of carbonyl (C=O) groups excluding carboxylic acids is 2. The first kappa shape index (κ1) is 17.7. The number of hydrogen-bond donors (Lipinski definition) is 3. The van der Waals surface area contributed by atoms with Crippen LogP contribution in [0.4, 0.5) is 4.79 Å². The fraction of sp³-hybridized carbons (Fsp3) is 0.176. The number of aromatic nitrogens is 1. The molecular formula is C17H17N3O3S. The number of ether oxygens (including phenoxy) is 1. The maximum absolute atomic E-state index is 11.4. The molecule has 1 aromatic heterocycles. The third-order valence-corrected chi connectivity index (χ3v) is 3.28. The molecule has 0 aliphatic carbocycles. The Labute approximate surface area is 145 Å². The monoisotopic (exact) mass is 343 g/mol. The van der Waals surface area contributed by atoms with Crippen LogP contribution in [0.15, 0.2) is 48.7 Å². The van der Waals surface area contributed by atoms with Gasteiger partial charge in [-0.1, -0.05) is 30.8 Å². The predicted molar refractivity (Wildman–Crippen MR) is 93.8 cm³/mol. The van der Waals surface area contributed by atoms with E-state index in [9.17, 15) is 9.59 Å². The van der Waals surface area contributed by atoms with Crippen molar-refractivity contribution >= 4 is 29.5 Å². The highest BCUT2D eigenvalue weighted by Crippen LogP contribution is 2.14. The molecule has 1 heterocycles. The van der Waals surface area contributed by atoms with Crippen LogP contribution < -0.4 is 10.1 Å². The molecule has 24 heavy (non-hydrogen) atoms. The van der Waals surface area contributed by atoms with Crippen molar-refractivity contribution in [1.82, 2.24) is 10.3 Å². The molecule has 2 aromatic rings. The zero-order valence-electron chi connectivity index (χ0n) is 12.9. The summed E-state index contributed by atoms with van der Waals surface area (Å²) in [4.78, 5) is 26.1. The third kappa shape index (κ3) is 5.85. The van der Waals surface area contributed by atoms with Gasteiger partial charge in [0.2, 0.25) is 5.91 Å². The molecule has 2 amide bonds. The Bertz CT molecular complexity index is 718. The Morgan fingerprint density at radius 3 is 2.54 bits per heavy atom. The van der Waals surface area contributed by atoms with Crippen LogP contribution in [0.5, 0.6) is 5.75 Å². The van der Waals surface area contributed by atoms with Crippen molar-refractivity contribution in [1.29, 1.82) is 5.41 Å². The quantitative estimate of drug-likeness (QED) is 0.532. The SMILES string of the molecule is N=C(COc1ccc(CCC(=O)NC(=O)S)cc1)c1ccccn1. The van der Waals surface area contributed by atoms with Crippen molar-refractivity contribution in [3.8, 4) is 5.75 Å². The van der Waals surface area contributed by atoms with Crippen LogP contribution in [0.1, 0.15) is 17.7 Å². The molecule has 0 spiro atoms. The van der Waals surface area contributed by atoms with Gasteiger partial charge in [-0.3, -0.25) is 25.3 Å². The fourth-order valence-corrected chi connectivity index (χ4v) is 2.09. The van der Waals surface area contributed by atoms with Crippen molar-refractivity contribution in [3.63, 3.8) is 0 Å². The van der Waals surface area contributed by atoms with Gasteiger partial charge in [0.15, 0.2) is 0 Å². The smallest absolute Gasteiger partial charge is 0.282 e. The first-order valence-electron chi connectivity index (χ1n) is 7.28. The minimum atomic E-state index is -0.654. The number of hydrogen-bond acceptors (Lipinski definition) is 5. The normalized spacial score (nSPS) is 10.0. The van der Waals surface area contributed by atoms with Crippen molar-refractivity contribution < 1.29 is 14.3 Å². The van der Waals surface area contributed by atoms with Crippen LogP contribution in [0.2, 0.25) is 0 Å². The third-order valence-electron chi connectivity index (χ3n) is 3.17. The van der Waals surface area contributed by atoms with Crippen LogP contribution in [-0.2, 0) is 11.2 Å². The van der Waals surface area contributed by atoms with Crippen molar-refractivity contribution in [2.45, 2.75) is 12.8 Å². The molecule has 2 N–H and O–H groups in total. The van der Waals surface area contributed by atoms with E-state index in [1.54, 1.807) is 30.5 Å². The lowest BCUT2D eigenvalue weighted by molar-refractivity contribution is -0.119. The Morgan fingerprint density at radius 1 is 1.17 bits per heavy atom. The van der Waals surface area contributed by atoms with Gasteiger partial charge in [-0.2, -0.15) is 0 Å². The van der Waals surface area contributed by atoms with Gasteiger partial charge >= 0.3 is 0 Å². The first-order valence-corrected chi connectivity index (χ1v) is 7.72. The lowest BCUT2D eigenvalue weighted by atomic mass is 10.1. The molecule has 0 atom stereocenters. The summed E-state index contributed by atoms with van der Waals surface area (Å²) >= 11 is 3.49. The molecule has 2 rings (SSSR count). The molecule has 0 aliphatic rings. The second-order valence-corrected chi connectivity index (χ2v) is 5.39. The Hall–Kier alpha value is -2.67.